The quantitative estimate of drug-likeness (QED) is 0.686. The number of carbonyl (C=O) groups is 1. The van der Waals surface area contributed by atoms with Crippen molar-refractivity contribution in [3.63, 3.8) is 0 Å². The van der Waals surface area contributed by atoms with E-state index in [2.05, 4.69) is 29.4 Å². The van der Waals surface area contributed by atoms with Gasteiger partial charge in [0.25, 0.3) is 0 Å². The Morgan fingerprint density at radius 1 is 1.56 bits per heavy atom. The van der Waals surface area contributed by atoms with Crippen LogP contribution in [-0.2, 0) is 4.79 Å². The fraction of sp³-hybridized carbons (Fsp3) is 0.846. The van der Waals surface area contributed by atoms with Crippen molar-refractivity contribution in [3.8, 4) is 6.07 Å². The van der Waals surface area contributed by atoms with Crippen molar-refractivity contribution in [2.24, 2.45) is 11.8 Å². The molecule has 0 aromatic carbocycles. The molecule has 2 heterocycles. The maximum Gasteiger partial charge on any atom is 0.234 e. The van der Waals surface area contributed by atoms with Crippen molar-refractivity contribution in [3.05, 3.63) is 0 Å². The van der Waals surface area contributed by atoms with Crippen molar-refractivity contribution >= 4 is 5.91 Å². The predicted octanol–water partition coefficient (Wildman–Crippen LogP) is -0.0539. The minimum Gasteiger partial charge on any atom is -0.354 e. The third-order valence-corrected chi connectivity index (χ3v) is 4.41. The maximum absolute atomic E-state index is 11.8. The number of nitrogens with zero attached hydrogens (tertiary/aromatic N) is 2. The number of hydrogen-bond acceptors (Lipinski definition) is 4. The van der Waals surface area contributed by atoms with E-state index in [1.165, 1.54) is 0 Å². The maximum atomic E-state index is 11.8. The Bertz CT molecular complexity index is 360. The van der Waals surface area contributed by atoms with Gasteiger partial charge in [0, 0.05) is 25.2 Å². The monoisotopic (exact) mass is 250 g/mol. The zero-order valence-electron chi connectivity index (χ0n) is 11.2. The lowest BCUT2D eigenvalue weighted by Gasteiger charge is -2.35. The highest BCUT2D eigenvalue weighted by Crippen LogP contribution is 2.40. The molecule has 2 aliphatic heterocycles. The summed E-state index contributed by atoms with van der Waals surface area (Å²) in [6.45, 7) is 8.49. The molecule has 0 bridgehead atoms. The predicted molar refractivity (Wildman–Crippen MR) is 68.7 cm³/mol. The van der Waals surface area contributed by atoms with Crippen LogP contribution in [0.1, 0.15) is 20.3 Å². The van der Waals surface area contributed by atoms with Crippen LogP contribution in [-0.4, -0.2) is 49.1 Å². The summed E-state index contributed by atoms with van der Waals surface area (Å²) in [5.41, 5.74) is 0.0841. The number of fused-ring (bicyclic) bond motifs is 1. The summed E-state index contributed by atoms with van der Waals surface area (Å²) in [7, 11) is 0. The Labute approximate surface area is 109 Å². The first-order valence-electron chi connectivity index (χ1n) is 6.65. The van der Waals surface area contributed by atoms with Gasteiger partial charge in [-0.2, -0.15) is 5.26 Å². The molecule has 0 aromatic rings. The highest BCUT2D eigenvalue weighted by molar-refractivity contribution is 5.78. The molecule has 0 saturated carbocycles. The van der Waals surface area contributed by atoms with Gasteiger partial charge < -0.3 is 10.6 Å². The molecule has 18 heavy (non-hydrogen) atoms. The van der Waals surface area contributed by atoms with E-state index in [0.29, 0.717) is 31.3 Å². The van der Waals surface area contributed by atoms with Gasteiger partial charge in [0.1, 0.15) is 0 Å². The van der Waals surface area contributed by atoms with Crippen LogP contribution in [0.2, 0.25) is 0 Å². The molecule has 2 N–H and O–H groups in total. The van der Waals surface area contributed by atoms with Crippen LogP contribution in [0.3, 0.4) is 0 Å². The molecule has 2 aliphatic rings. The van der Waals surface area contributed by atoms with E-state index >= 15 is 0 Å². The van der Waals surface area contributed by atoms with Gasteiger partial charge in [-0.05, 0) is 32.2 Å². The molecule has 5 heteroatoms. The molecule has 0 aromatic heterocycles. The molecule has 5 nitrogen and oxygen atoms in total. The summed E-state index contributed by atoms with van der Waals surface area (Å²) in [5, 5.41) is 14.7. The molecule has 100 valence electrons. The van der Waals surface area contributed by atoms with Gasteiger partial charge >= 0.3 is 0 Å². The first-order valence-corrected chi connectivity index (χ1v) is 6.65. The molecule has 2 unspecified atom stereocenters. The number of amides is 1. The van der Waals surface area contributed by atoms with Crippen molar-refractivity contribution < 1.29 is 4.79 Å². The van der Waals surface area contributed by atoms with E-state index in [-0.39, 0.29) is 11.4 Å². The Morgan fingerprint density at radius 3 is 3.00 bits per heavy atom. The Kier molecular flexibility index (Phi) is 3.88. The van der Waals surface area contributed by atoms with Crippen LogP contribution in [0, 0.1) is 23.2 Å². The van der Waals surface area contributed by atoms with Crippen LogP contribution in [0.25, 0.3) is 0 Å². The number of carbonyl (C=O) groups excluding carboxylic acids is 1. The van der Waals surface area contributed by atoms with Gasteiger partial charge in [0.15, 0.2) is 0 Å². The van der Waals surface area contributed by atoms with Crippen molar-refractivity contribution in [1.29, 1.82) is 5.26 Å². The lowest BCUT2D eigenvalue weighted by molar-refractivity contribution is -0.123. The van der Waals surface area contributed by atoms with Crippen LogP contribution in [0.5, 0.6) is 0 Å². The summed E-state index contributed by atoms with van der Waals surface area (Å²) < 4.78 is 0. The SMILES string of the molecule is CC1(C)C2CNCC2CN1CC(=O)NCCC#N. The third-order valence-electron chi connectivity index (χ3n) is 4.41. The smallest absolute Gasteiger partial charge is 0.234 e. The second-order valence-corrected chi connectivity index (χ2v) is 5.82. The van der Waals surface area contributed by atoms with E-state index < -0.39 is 0 Å². The lowest BCUT2D eigenvalue weighted by atomic mass is 9.85. The van der Waals surface area contributed by atoms with Crippen molar-refractivity contribution in [2.75, 3.05) is 32.7 Å². The third kappa shape index (κ3) is 2.50. The minimum atomic E-state index is 0.0336. The molecule has 1 amide bonds. The first-order chi connectivity index (χ1) is 8.55. The number of hydrogen-bond donors (Lipinski definition) is 2. The van der Waals surface area contributed by atoms with Gasteiger partial charge in [-0.15, -0.1) is 0 Å². The summed E-state index contributed by atoms with van der Waals surface area (Å²) in [4.78, 5) is 14.1. The lowest BCUT2D eigenvalue weighted by Crippen LogP contribution is -2.48. The molecular formula is C13H22N4O. The van der Waals surface area contributed by atoms with E-state index in [4.69, 9.17) is 5.26 Å². The summed E-state index contributed by atoms with van der Waals surface area (Å²) in [6, 6.07) is 2.03. The van der Waals surface area contributed by atoms with E-state index in [1.54, 1.807) is 0 Å². The van der Waals surface area contributed by atoms with E-state index in [1.807, 2.05) is 6.07 Å². The zero-order valence-corrected chi connectivity index (χ0v) is 11.2. The van der Waals surface area contributed by atoms with E-state index in [0.717, 1.165) is 19.6 Å². The average Bonchev–Trinajstić information content (AvgIpc) is 2.84. The number of rotatable bonds is 4. The summed E-state index contributed by atoms with van der Waals surface area (Å²) >= 11 is 0. The average molecular weight is 250 g/mol. The standard InChI is InChI=1S/C13H22N4O/c1-13(2)11-7-15-6-10(11)8-17(13)9-12(18)16-5-3-4-14/h10-11,15H,3,5-9H2,1-2H3,(H,16,18). The van der Waals surface area contributed by atoms with Gasteiger partial charge in [-0.3, -0.25) is 9.69 Å². The number of likely N-dealkylation sites (tertiary alicyclic amines) is 1. The fourth-order valence-corrected chi connectivity index (χ4v) is 3.26. The highest BCUT2D eigenvalue weighted by atomic mass is 16.2. The first kappa shape index (κ1) is 13.3. The Hall–Kier alpha value is -1.12. The fourth-order valence-electron chi connectivity index (χ4n) is 3.26. The van der Waals surface area contributed by atoms with Gasteiger partial charge in [0.2, 0.25) is 5.91 Å². The second kappa shape index (κ2) is 5.25. The largest absolute Gasteiger partial charge is 0.354 e. The van der Waals surface area contributed by atoms with Crippen LogP contribution >= 0.6 is 0 Å². The molecular weight excluding hydrogens is 228 g/mol. The minimum absolute atomic E-state index is 0.0336. The molecule has 2 atom stereocenters. The Morgan fingerprint density at radius 2 is 2.33 bits per heavy atom. The Balaban J connectivity index is 1.87. The second-order valence-electron chi connectivity index (χ2n) is 5.82. The highest BCUT2D eigenvalue weighted by Gasteiger charge is 2.49. The van der Waals surface area contributed by atoms with Gasteiger partial charge in [-0.25, -0.2) is 0 Å². The molecule has 0 spiro atoms. The van der Waals surface area contributed by atoms with E-state index in [9.17, 15) is 4.79 Å². The normalized spacial score (nSPS) is 29.8. The van der Waals surface area contributed by atoms with Gasteiger partial charge in [0.05, 0.1) is 19.0 Å². The van der Waals surface area contributed by atoms with Crippen molar-refractivity contribution in [2.45, 2.75) is 25.8 Å². The molecule has 2 rings (SSSR count). The number of nitriles is 1. The van der Waals surface area contributed by atoms with Gasteiger partial charge in [-0.1, -0.05) is 0 Å². The molecule has 0 radical (unpaired) electrons. The molecule has 2 fully saturated rings. The van der Waals surface area contributed by atoms with Crippen LogP contribution in [0.15, 0.2) is 0 Å². The zero-order chi connectivity index (χ0) is 13.2. The summed E-state index contributed by atoms with van der Waals surface area (Å²) in [6.07, 6.45) is 0.379. The molecule has 2 saturated heterocycles. The topological polar surface area (TPSA) is 68.2 Å². The van der Waals surface area contributed by atoms with Crippen LogP contribution in [0.4, 0.5) is 0 Å². The van der Waals surface area contributed by atoms with Crippen molar-refractivity contribution in [1.82, 2.24) is 15.5 Å². The number of nitrogens with one attached hydrogen (secondary N) is 2. The van der Waals surface area contributed by atoms with Crippen LogP contribution < -0.4 is 10.6 Å². The summed E-state index contributed by atoms with van der Waals surface area (Å²) in [5.74, 6) is 1.35. The molecule has 0 aliphatic carbocycles.